The van der Waals surface area contributed by atoms with Crippen LogP contribution in [0.1, 0.15) is 17.5 Å². The number of hydrogen-bond donors (Lipinski definition) is 1. The van der Waals surface area contributed by atoms with E-state index in [1.165, 1.54) is 17.5 Å². The molecule has 0 bridgehead atoms. The molecule has 0 unspecified atom stereocenters. The molecular weight excluding hydrogens is 310 g/mol. The zero-order chi connectivity index (χ0) is 16.9. The van der Waals surface area contributed by atoms with Gasteiger partial charge in [-0.1, -0.05) is 42.5 Å². The van der Waals surface area contributed by atoms with Gasteiger partial charge in [-0.2, -0.15) is 5.10 Å². The number of benzene rings is 2. The normalized spacial score (nSPS) is 17.8. The molecule has 1 N–H and O–H groups in total. The van der Waals surface area contributed by atoms with Gasteiger partial charge in [-0.15, -0.1) is 0 Å². The maximum Gasteiger partial charge on any atom is 0.138 e. The molecule has 2 aromatic carbocycles. The van der Waals surface area contributed by atoms with Crippen molar-refractivity contribution in [1.29, 1.82) is 0 Å². The largest absolute Gasteiger partial charge is 0.309 e. The first-order valence-corrected chi connectivity index (χ1v) is 8.80. The van der Waals surface area contributed by atoms with Crippen LogP contribution in [0.2, 0.25) is 0 Å². The van der Waals surface area contributed by atoms with Crippen molar-refractivity contribution in [3.05, 3.63) is 78.4 Å². The maximum absolute atomic E-state index is 4.15. The third-order valence-corrected chi connectivity index (χ3v) is 4.74. The quantitative estimate of drug-likeness (QED) is 0.753. The number of aromatic nitrogens is 3. The summed E-state index contributed by atoms with van der Waals surface area (Å²) in [6.45, 7) is 4.23. The fraction of sp³-hybridized carbons (Fsp3) is 0.300. The molecule has 1 saturated heterocycles. The van der Waals surface area contributed by atoms with E-state index in [-0.39, 0.29) is 0 Å². The van der Waals surface area contributed by atoms with Crippen molar-refractivity contribution in [3.63, 3.8) is 0 Å². The van der Waals surface area contributed by atoms with E-state index in [0.717, 1.165) is 31.9 Å². The Bertz CT molecular complexity index is 768. The van der Waals surface area contributed by atoms with E-state index in [1.807, 2.05) is 0 Å². The minimum atomic E-state index is 0.568. The molecule has 5 heteroatoms. The lowest BCUT2D eigenvalue weighted by Crippen LogP contribution is -2.31. The first-order chi connectivity index (χ1) is 12.4. The molecule has 25 heavy (non-hydrogen) atoms. The van der Waals surface area contributed by atoms with Crippen molar-refractivity contribution in [2.24, 2.45) is 0 Å². The highest BCUT2D eigenvalue weighted by Crippen LogP contribution is 2.14. The zero-order valence-electron chi connectivity index (χ0n) is 14.3. The second kappa shape index (κ2) is 7.59. The van der Waals surface area contributed by atoms with Crippen LogP contribution in [0.4, 0.5) is 0 Å². The van der Waals surface area contributed by atoms with Gasteiger partial charge in [-0.05, 0) is 29.7 Å². The first kappa shape index (κ1) is 16.0. The van der Waals surface area contributed by atoms with Crippen molar-refractivity contribution < 1.29 is 0 Å². The SMILES string of the molecule is c1ccc(CN2CC[C@@H](NCc3ccc(-n4cncn4)cc3)C2)cc1. The lowest BCUT2D eigenvalue weighted by molar-refractivity contribution is 0.320. The Labute approximate surface area is 148 Å². The van der Waals surface area contributed by atoms with Gasteiger partial charge in [0.15, 0.2) is 0 Å². The van der Waals surface area contributed by atoms with Crippen LogP contribution in [0.15, 0.2) is 67.3 Å². The summed E-state index contributed by atoms with van der Waals surface area (Å²) in [4.78, 5) is 6.51. The van der Waals surface area contributed by atoms with Gasteiger partial charge in [0.25, 0.3) is 0 Å². The van der Waals surface area contributed by atoms with Gasteiger partial charge in [-0.3, -0.25) is 4.90 Å². The second-order valence-electron chi connectivity index (χ2n) is 6.59. The highest BCUT2D eigenvalue weighted by molar-refractivity contribution is 5.33. The van der Waals surface area contributed by atoms with Gasteiger partial charge in [0.05, 0.1) is 5.69 Å². The Hall–Kier alpha value is -2.50. The maximum atomic E-state index is 4.15. The molecule has 1 fully saturated rings. The Morgan fingerprint density at radius 1 is 1.00 bits per heavy atom. The second-order valence-corrected chi connectivity index (χ2v) is 6.59. The van der Waals surface area contributed by atoms with Crippen LogP contribution >= 0.6 is 0 Å². The monoisotopic (exact) mass is 333 g/mol. The third-order valence-electron chi connectivity index (χ3n) is 4.74. The molecular formula is C20H23N5. The molecule has 5 nitrogen and oxygen atoms in total. The molecule has 0 amide bonds. The van der Waals surface area contributed by atoms with E-state index in [2.05, 4.69) is 74.9 Å². The molecule has 4 rings (SSSR count). The Balaban J connectivity index is 1.26. The molecule has 0 saturated carbocycles. The predicted molar refractivity (Wildman–Crippen MR) is 98.3 cm³/mol. The van der Waals surface area contributed by atoms with Crippen molar-refractivity contribution >= 4 is 0 Å². The summed E-state index contributed by atoms with van der Waals surface area (Å²) in [7, 11) is 0. The van der Waals surface area contributed by atoms with E-state index in [1.54, 1.807) is 17.3 Å². The first-order valence-electron chi connectivity index (χ1n) is 8.80. The van der Waals surface area contributed by atoms with E-state index in [4.69, 9.17) is 0 Å². The molecule has 0 spiro atoms. The number of likely N-dealkylation sites (tertiary alicyclic amines) is 1. The highest BCUT2D eigenvalue weighted by Gasteiger charge is 2.21. The number of nitrogens with zero attached hydrogens (tertiary/aromatic N) is 4. The van der Waals surface area contributed by atoms with Crippen molar-refractivity contribution in [1.82, 2.24) is 25.0 Å². The molecule has 1 atom stereocenters. The third kappa shape index (κ3) is 4.13. The Morgan fingerprint density at radius 3 is 2.60 bits per heavy atom. The van der Waals surface area contributed by atoms with Crippen LogP contribution in [0, 0.1) is 0 Å². The highest BCUT2D eigenvalue weighted by atomic mass is 15.3. The summed E-state index contributed by atoms with van der Waals surface area (Å²) in [5.74, 6) is 0. The van der Waals surface area contributed by atoms with Crippen LogP contribution in [0.25, 0.3) is 5.69 Å². The lowest BCUT2D eigenvalue weighted by atomic mass is 10.2. The van der Waals surface area contributed by atoms with Crippen LogP contribution in [-0.4, -0.2) is 38.8 Å². The fourth-order valence-electron chi connectivity index (χ4n) is 3.35. The van der Waals surface area contributed by atoms with E-state index in [0.29, 0.717) is 6.04 Å². The molecule has 2 heterocycles. The van der Waals surface area contributed by atoms with Gasteiger partial charge in [-0.25, -0.2) is 9.67 Å². The minimum absolute atomic E-state index is 0.568. The smallest absolute Gasteiger partial charge is 0.138 e. The van der Waals surface area contributed by atoms with Crippen molar-refractivity contribution in [2.45, 2.75) is 25.6 Å². The van der Waals surface area contributed by atoms with Crippen LogP contribution in [-0.2, 0) is 13.1 Å². The molecule has 0 radical (unpaired) electrons. The Morgan fingerprint density at radius 2 is 1.84 bits per heavy atom. The minimum Gasteiger partial charge on any atom is -0.309 e. The standard InChI is InChI=1S/C20H23N5/c1-2-4-18(5-3-1)13-24-11-10-19(14-24)22-12-17-6-8-20(9-7-17)25-16-21-15-23-25/h1-9,15-16,19,22H,10-14H2/t19-/m1/s1. The van der Waals surface area contributed by atoms with Gasteiger partial charge >= 0.3 is 0 Å². The number of hydrogen-bond acceptors (Lipinski definition) is 4. The van der Waals surface area contributed by atoms with Gasteiger partial charge in [0, 0.05) is 32.2 Å². The number of nitrogens with one attached hydrogen (secondary N) is 1. The zero-order valence-corrected chi connectivity index (χ0v) is 14.3. The van der Waals surface area contributed by atoms with Crippen molar-refractivity contribution in [2.75, 3.05) is 13.1 Å². The molecule has 128 valence electrons. The van der Waals surface area contributed by atoms with Gasteiger partial charge in [0.2, 0.25) is 0 Å². The van der Waals surface area contributed by atoms with Crippen LogP contribution in [0.5, 0.6) is 0 Å². The lowest BCUT2D eigenvalue weighted by Gasteiger charge is -2.17. The topological polar surface area (TPSA) is 46.0 Å². The van der Waals surface area contributed by atoms with E-state index < -0.39 is 0 Å². The Kier molecular flexibility index (Phi) is 4.86. The van der Waals surface area contributed by atoms with E-state index in [9.17, 15) is 0 Å². The van der Waals surface area contributed by atoms with Crippen LogP contribution in [0.3, 0.4) is 0 Å². The number of rotatable bonds is 6. The molecule has 1 aliphatic rings. The van der Waals surface area contributed by atoms with Crippen molar-refractivity contribution in [3.8, 4) is 5.69 Å². The molecule has 0 aliphatic carbocycles. The summed E-state index contributed by atoms with van der Waals surface area (Å²) < 4.78 is 1.77. The summed E-state index contributed by atoms with van der Waals surface area (Å²) in [6, 6.07) is 19.8. The molecule has 1 aromatic heterocycles. The summed E-state index contributed by atoms with van der Waals surface area (Å²) in [6.07, 6.45) is 4.48. The average molecular weight is 333 g/mol. The fourth-order valence-corrected chi connectivity index (χ4v) is 3.35. The predicted octanol–water partition coefficient (Wildman–Crippen LogP) is 2.63. The summed E-state index contributed by atoms with van der Waals surface area (Å²) in [5.41, 5.74) is 3.73. The molecule has 3 aromatic rings. The van der Waals surface area contributed by atoms with Crippen LogP contribution < -0.4 is 5.32 Å². The average Bonchev–Trinajstić information content (AvgIpc) is 3.33. The summed E-state index contributed by atoms with van der Waals surface area (Å²) >= 11 is 0. The molecule has 1 aliphatic heterocycles. The van der Waals surface area contributed by atoms with E-state index >= 15 is 0 Å². The van der Waals surface area contributed by atoms with Gasteiger partial charge < -0.3 is 5.32 Å². The summed E-state index contributed by atoms with van der Waals surface area (Å²) in [5, 5.41) is 7.84. The van der Waals surface area contributed by atoms with Gasteiger partial charge in [0.1, 0.15) is 12.7 Å².